The van der Waals surface area contributed by atoms with E-state index in [1.807, 2.05) is 30.3 Å². The Hall–Kier alpha value is -2.69. The number of rotatable bonds is 3. The SMILES string of the molecule is CN(C(=O)/C=C/c1ccccc1)C(=O)c1ncco1. The Morgan fingerprint density at radius 1 is 1.26 bits per heavy atom. The molecule has 0 unspecified atom stereocenters. The van der Waals surface area contributed by atoms with E-state index in [1.165, 1.54) is 25.6 Å². The number of imide groups is 1. The molecule has 1 heterocycles. The second kappa shape index (κ2) is 5.77. The summed E-state index contributed by atoms with van der Waals surface area (Å²) in [5.41, 5.74) is 0.882. The molecule has 0 atom stereocenters. The number of amides is 2. The second-order valence-corrected chi connectivity index (χ2v) is 3.78. The first kappa shape index (κ1) is 12.8. The van der Waals surface area contributed by atoms with Crippen molar-refractivity contribution in [3.05, 3.63) is 60.3 Å². The average molecular weight is 256 g/mol. The highest BCUT2D eigenvalue weighted by atomic mass is 16.4. The zero-order chi connectivity index (χ0) is 13.7. The van der Waals surface area contributed by atoms with Crippen LogP contribution in [0.1, 0.15) is 16.2 Å². The number of likely N-dealkylation sites (N-methyl/N-ethyl adjacent to an activating group) is 1. The lowest BCUT2D eigenvalue weighted by Crippen LogP contribution is -2.31. The summed E-state index contributed by atoms with van der Waals surface area (Å²) in [6, 6.07) is 9.34. The van der Waals surface area contributed by atoms with Crippen LogP contribution < -0.4 is 0 Å². The molecule has 0 saturated carbocycles. The van der Waals surface area contributed by atoms with Crippen molar-refractivity contribution in [2.45, 2.75) is 0 Å². The van der Waals surface area contributed by atoms with Gasteiger partial charge in [-0.25, -0.2) is 4.98 Å². The van der Waals surface area contributed by atoms with E-state index >= 15 is 0 Å². The number of benzene rings is 1. The summed E-state index contributed by atoms with van der Waals surface area (Å²) in [4.78, 5) is 28.2. The third-order valence-electron chi connectivity index (χ3n) is 2.47. The van der Waals surface area contributed by atoms with E-state index in [0.717, 1.165) is 10.5 Å². The van der Waals surface area contributed by atoms with Crippen LogP contribution in [0.25, 0.3) is 6.08 Å². The van der Waals surface area contributed by atoms with Crippen molar-refractivity contribution >= 4 is 17.9 Å². The predicted octanol–water partition coefficient (Wildman–Crippen LogP) is 1.99. The normalized spacial score (nSPS) is 10.6. The molecule has 2 rings (SSSR count). The summed E-state index contributed by atoms with van der Waals surface area (Å²) < 4.78 is 4.85. The minimum Gasteiger partial charge on any atom is -0.441 e. The minimum atomic E-state index is -0.576. The Morgan fingerprint density at radius 2 is 2.00 bits per heavy atom. The number of aromatic nitrogens is 1. The van der Waals surface area contributed by atoms with Crippen molar-refractivity contribution in [3.8, 4) is 0 Å². The molecule has 0 spiro atoms. The summed E-state index contributed by atoms with van der Waals surface area (Å²) in [7, 11) is 1.38. The second-order valence-electron chi connectivity index (χ2n) is 3.78. The maximum atomic E-state index is 11.8. The average Bonchev–Trinajstić information content (AvgIpc) is 2.98. The van der Waals surface area contributed by atoms with Crippen molar-refractivity contribution in [1.29, 1.82) is 0 Å². The Kier molecular flexibility index (Phi) is 3.87. The maximum Gasteiger partial charge on any atom is 0.316 e. The van der Waals surface area contributed by atoms with E-state index in [-0.39, 0.29) is 5.89 Å². The van der Waals surface area contributed by atoms with E-state index in [9.17, 15) is 9.59 Å². The quantitative estimate of drug-likeness (QED) is 0.788. The van der Waals surface area contributed by atoms with Gasteiger partial charge in [0.05, 0.1) is 6.20 Å². The molecule has 1 aromatic heterocycles. The number of hydrogen-bond donors (Lipinski definition) is 0. The van der Waals surface area contributed by atoms with Crippen LogP contribution in [0, 0.1) is 0 Å². The molecule has 0 fully saturated rings. The lowest BCUT2D eigenvalue weighted by Gasteiger charge is -2.10. The van der Waals surface area contributed by atoms with Gasteiger partial charge in [-0.2, -0.15) is 0 Å². The van der Waals surface area contributed by atoms with Crippen molar-refractivity contribution in [3.63, 3.8) is 0 Å². The maximum absolute atomic E-state index is 11.8. The summed E-state index contributed by atoms with van der Waals surface area (Å²) in [6.07, 6.45) is 5.61. The molecule has 5 nitrogen and oxygen atoms in total. The van der Waals surface area contributed by atoms with E-state index < -0.39 is 11.8 Å². The highest BCUT2D eigenvalue weighted by molar-refractivity contribution is 6.06. The number of nitrogens with zero attached hydrogens (tertiary/aromatic N) is 2. The van der Waals surface area contributed by atoms with Crippen LogP contribution in [0.5, 0.6) is 0 Å². The Bertz CT molecular complexity index is 588. The van der Waals surface area contributed by atoms with Crippen molar-refractivity contribution in [2.75, 3.05) is 7.05 Å². The molecular formula is C14H12N2O3. The fourth-order valence-electron chi connectivity index (χ4n) is 1.42. The third kappa shape index (κ3) is 3.16. The highest BCUT2D eigenvalue weighted by Gasteiger charge is 2.20. The van der Waals surface area contributed by atoms with Gasteiger partial charge in [0.1, 0.15) is 6.26 Å². The summed E-state index contributed by atoms with van der Waals surface area (Å²) in [6.45, 7) is 0. The molecule has 0 radical (unpaired) electrons. The molecule has 0 aliphatic heterocycles. The molecule has 5 heteroatoms. The highest BCUT2D eigenvalue weighted by Crippen LogP contribution is 2.04. The van der Waals surface area contributed by atoms with Gasteiger partial charge in [-0.15, -0.1) is 0 Å². The van der Waals surface area contributed by atoms with Crippen LogP contribution in [0.2, 0.25) is 0 Å². The van der Waals surface area contributed by atoms with Gasteiger partial charge >= 0.3 is 5.91 Å². The van der Waals surface area contributed by atoms with Crippen LogP contribution in [0.3, 0.4) is 0 Å². The first-order chi connectivity index (χ1) is 9.18. The number of oxazole rings is 1. The van der Waals surface area contributed by atoms with Crippen molar-refractivity contribution in [1.82, 2.24) is 9.88 Å². The predicted molar refractivity (Wildman–Crippen MR) is 69.1 cm³/mol. The number of hydrogen-bond acceptors (Lipinski definition) is 4. The zero-order valence-electron chi connectivity index (χ0n) is 10.3. The molecule has 0 aliphatic carbocycles. The first-order valence-corrected chi connectivity index (χ1v) is 5.63. The van der Waals surface area contributed by atoms with Gasteiger partial charge in [0.2, 0.25) is 0 Å². The van der Waals surface area contributed by atoms with Crippen LogP contribution >= 0.6 is 0 Å². The van der Waals surface area contributed by atoms with E-state index in [4.69, 9.17) is 4.42 Å². The van der Waals surface area contributed by atoms with E-state index in [2.05, 4.69) is 4.98 Å². The van der Waals surface area contributed by atoms with Crippen molar-refractivity contribution in [2.24, 2.45) is 0 Å². The molecule has 2 aromatic rings. The monoisotopic (exact) mass is 256 g/mol. The van der Waals surface area contributed by atoms with Crippen LogP contribution in [-0.4, -0.2) is 28.7 Å². The van der Waals surface area contributed by atoms with Crippen LogP contribution in [0.15, 0.2) is 53.3 Å². The standard InChI is InChI=1S/C14H12N2O3/c1-16(14(18)13-15-9-10-19-13)12(17)8-7-11-5-3-2-4-6-11/h2-10H,1H3/b8-7+. The lowest BCUT2D eigenvalue weighted by molar-refractivity contribution is -0.122. The molecule has 0 N–H and O–H groups in total. The Labute approximate surface area is 110 Å². The molecule has 2 amide bonds. The van der Waals surface area contributed by atoms with E-state index in [1.54, 1.807) is 6.08 Å². The van der Waals surface area contributed by atoms with Crippen molar-refractivity contribution < 1.29 is 14.0 Å². The summed E-state index contributed by atoms with van der Waals surface area (Å²) in [5.74, 6) is -1.12. The van der Waals surface area contributed by atoms with Gasteiger partial charge in [0.25, 0.3) is 11.8 Å². The number of carbonyl (C=O) groups excluding carboxylic acids is 2. The first-order valence-electron chi connectivity index (χ1n) is 5.63. The van der Waals surface area contributed by atoms with Gasteiger partial charge in [-0.05, 0) is 11.6 Å². The fraction of sp³-hybridized carbons (Fsp3) is 0.0714. The molecule has 96 valence electrons. The van der Waals surface area contributed by atoms with Gasteiger partial charge in [0, 0.05) is 13.1 Å². The minimum absolute atomic E-state index is 0.107. The van der Waals surface area contributed by atoms with Crippen LogP contribution in [0.4, 0.5) is 0 Å². The molecule has 0 bridgehead atoms. The molecule has 0 saturated heterocycles. The summed E-state index contributed by atoms with van der Waals surface area (Å²) >= 11 is 0. The van der Waals surface area contributed by atoms with Gasteiger partial charge in [-0.3, -0.25) is 14.5 Å². The molecule has 19 heavy (non-hydrogen) atoms. The Morgan fingerprint density at radius 3 is 2.63 bits per heavy atom. The lowest BCUT2D eigenvalue weighted by atomic mass is 10.2. The number of carbonyl (C=O) groups is 2. The molecule has 1 aromatic carbocycles. The summed E-state index contributed by atoms with van der Waals surface area (Å²) in [5, 5.41) is 0. The fourth-order valence-corrected chi connectivity index (χ4v) is 1.42. The van der Waals surface area contributed by atoms with Gasteiger partial charge in [0.15, 0.2) is 0 Å². The largest absolute Gasteiger partial charge is 0.441 e. The molecular weight excluding hydrogens is 244 g/mol. The topological polar surface area (TPSA) is 63.4 Å². The zero-order valence-corrected chi connectivity index (χ0v) is 10.3. The van der Waals surface area contributed by atoms with Gasteiger partial charge in [-0.1, -0.05) is 30.3 Å². The molecule has 0 aliphatic rings. The third-order valence-corrected chi connectivity index (χ3v) is 2.47. The Balaban J connectivity index is 2.04. The van der Waals surface area contributed by atoms with E-state index in [0.29, 0.717) is 0 Å². The van der Waals surface area contributed by atoms with Gasteiger partial charge < -0.3 is 4.42 Å². The van der Waals surface area contributed by atoms with Crippen LogP contribution in [-0.2, 0) is 4.79 Å². The smallest absolute Gasteiger partial charge is 0.316 e.